The summed E-state index contributed by atoms with van der Waals surface area (Å²) in [7, 11) is 0. The number of hydrogen-bond acceptors (Lipinski definition) is 1. The standard InChI is InChI=1S/C28H35N/c1-19-9-11-22(26-14-10-21(18-29-26)17-27(3,4)5)16-25(19)24-13-12-23(15-20(24)2)28(6,7)8/h9-16,18H,17H2,1-8H3/i1D3,2D3,17D2. The first-order chi connectivity index (χ1) is 16.6. The lowest BCUT2D eigenvalue weighted by Crippen LogP contribution is -2.11. The fourth-order valence-corrected chi connectivity index (χ4v) is 3.24. The number of pyridine rings is 1. The summed E-state index contributed by atoms with van der Waals surface area (Å²) in [6, 6.07) is 13.4. The van der Waals surface area contributed by atoms with Crippen LogP contribution in [0.3, 0.4) is 0 Å². The summed E-state index contributed by atoms with van der Waals surface area (Å²) in [4.78, 5) is 4.48. The highest BCUT2D eigenvalue weighted by Gasteiger charge is 2.16. The molecule has 3 rings (SSSR count). The summed E-state index contributed by atoms with van der Waals surface area (Å²) in [5.41, 5.74) is 2.37. The van der Waals surface area contributed by atoms with Crippen molar-refractivity contribution in [2.75, 3.05) is 0 Å². The van der Waals surface area contributed by atoms with E-state index >= 15 is 0 Å². The molecule has 152 valence electrons. The van der Waals surface area contributed by atoms with Crippen LogP contribution >= 0.6 is 0 Å². The second kappa shape index (κ2) is 7.78. The van der Waals surface area contributed by atoms with Crippen LogP contribution in [-0.4, -0.2) is 4.98 Å². The van der Waals surface area contributed by atoms with Gasteiger partial charge in [-0.1, -0.05) is 77.9 Å². The van der Waals surface area contributed by atoms with E-state index in [2.05, 4.69) is 4.98 Å². The Morgan fingerprint density at radius 2 is 1.59 bits per heavy atom. The van der Waals surface area contributed by atoms with Crippen molar-refractivity contribution >= 4 is 0 Å². The van der Waals surface area contributed by atoms with Crippen LogP contribution in [0, 0.1) is 19.1 Å². The van der Waals surface area contributed by atoms with E-state index in [9.17, 15) is 0 Å². The normalized spacial score (nSPS) is 17.7. The number of benzene rings is 2. The van der Waals surface area contributed by atoms with Crippen molar-refractivity contribution in [3.05, 3.63) is 77.0 Å². The maximum atomic E-state index is 8.49. The summed E-state index contributed by atoms with van der Waals surface area (Å²) >= 11 is 0. The molecule has 29 heavy (non-hydrogen) atoms. The molecule has 3 aromatic rings. The molecular formula is C28H35N. The van der Waals surface area contributed by atoms with Gasteiger partial charge in [0.25, 0.3) is 0 Å². The summed E-state index contributed by atoms with van der Waals surface area (Å²) in [5, 5.41) is 0. The highest BCUT2D eigenvalue weighted by molar-refractivity contribution is 5.76. The third-order valence-corrected chi connectivity index (χ3v) is 4.77. The van der Waals surface area contributed by atoms with Gasteiger partial charge < -0.3 is 0 Å². The van der Waals surface area contributed by atoms with E-state index in [1.165, 1.54) is 12.3 Å². The van der Waals surface area contributed by atoms with Gasteiger partial charge in [-0.05, 0) is 76.4 Å². The molecule has 0 saturated carbocycles. The lowest BCUT2D eigenvalue weighted by atomic mass is 9.84. The van der Waals surface area contributed by atoms with Gasteiger partial charge in [-0.2, -0.15) is 0 Å². The van der Waals surface area contributed by atoms with E-state index in [0.29, 0.717) is 27.9 Å². The zero-order chi connectivity index (χ0) is 28.2. The van der Waals surface area contributed by atoms with Gasteiger partial charge >= 0.3 is 0 Å². The number of nitrogens with zero attached hydrogens (tertiary/aromatic N) is 1. The van der Waals surface area contributed by atoms with Gasteiger partial charge in [-0.15, -0.1) is 0 Å². The smallest absolute Gasteiger partial charge is 0.0702 e. The Kier molecular flexibility index (Phi) is 3.49. The minimum Gasteiger partial charge on any atom is -0.256 e. The Bertz CT molecular complexity index is 1270. The van der Waals surface area contributed by atoms with Crippen LogP contribution in [0.5, 0.6) is 0 Å². The van der Waals surface area contributed by atoms with E-state index in [1.807, 2.05) is 47.6 Å². The van der Waals surface area contributed by atoms with Crippen molar-refractivity contribution < 1.29 is 11.0 Å². The van der Waals surface area contributed by atoms with E-state index < -0.39 is 25.5 Å². The lowest BCUT2D eigenvalue weighted by molar-refractivity contribution is 0.411. The molecular weight excluding hydrogens is 350 g/mol. The summed E-state index contributed by atoms with van der Waals surface area (Å²) in [5.74, 6) is 0. The largest absolute Gasteiger partial charge is 0.256 e. The van der Waals surface area contributed by atoms with Crippen LogP contribution in [0.25, 0.3) is 22.4 Å². The molecule has 0 N–H and O–H groups in total. The predicted molar refractivity (Wildman–Crippen MR) is 126 cm³/mol. The third kappa shape index (κ3) is 5.15. The van der Waals surface area contributed by atoms with E-state index in [4.69, 9.17) is 11.0 Å². The molecule has 0 radical (unpaired) electrons. The van der Waals surface area contributed by atoms with Gasteiger partial charge in [-0.3, -0.25) is 4.98 Å². The van der Waals surface area contributed by atoms with Crippen molar-refractivity contribution in [1.82, 2.24) is 4.98 Å². The molecule has 0 bridgehead atoms. The molecule has 0 amide bonds. The van der Waals surface area contributed by atoms with Gasteiger partial charge in [0, 0.05) is 22.7 Å². The molecule has 1 heteroatoms. The second-order valence-corrected chi connectivity index (χ2v) is 9.58. The van der Waals surface area contributed by atoms with Gasteiger partial charge in [0.1, 0.15) is 0 Å². The first kappa shape index (κ1) is 13.0. The van der Waals surface area contributed by atoms with Crippen LogP contribution in [0.1, 0.15) is 74.8 Å². The Balaban J connectivity index is 2.23. The number of aromatic nitrogens is 1. The topological polar surface area (TPSA) is 12.9 Å². The van der Waals surface area contributed by atoms with Crippen molar-refractivity contribution in [3.8, 4) is 22.4 Å². The molecule has 0 aliphatic carbocycles. The van der Waals surface area contributed by atoms with Crippen LogP contribution in [0.15, 0.2) is 54.7 Å². The molecule has 1 heterocycles. The van der Waals surface area contributed by atoms with Crippen LogP contribution in [0.4, 0.5) is 0 Å². The summed E-state index contributed by atoms with van der Waals surface area (Å²) in [6.07, 6.45) is -0.0951. The average Bonchev–Trinajstić information content (AvgIpc) is 2.76. The van der Waals surface area contributed by atoms with Crippen LogP contribution in [0.2, 0.25) is 0 Å². The molecule has 0 unspecified atom stereocenters. The molecule has 0 fully saturated rings. The van der Waals surface area contributed by atoms with Crippen molar-refractivity contribution in [1.29, 1.82) is 0 Å². The maximum Gasteiger partial charge on any atom is 0.0702 e. The number of rotatable bonds is 3. The highest BCUT2D eigenvalue weighted by Crippen LogP contribution is 2.33. The number of aryl methyl sites for hydroxylation is 2. The first-order valence-corrected chi connectivity index (χ1v) is 9.91. The van der Waals surface area contributed by atoms with Gasteiger partial charge in [0.2, 0.25) is 0 Å². The first-order valence-electron chi connectivity index (χ1n) is 13.9. The monoisotopic (exact) mass is 393 g/mol. The van der Waals surface area contributed by atoms with Crippen molar-refractivity contribution in [3.63, 3.8) is 0 Å². The SMILES string of the molecule is [2H]C([2H])([2H])c1ccc(-c2ccc(C([2H])([2H])C(C)(C)C)cn2)cc1-c1ccc(C(C)(C)C)cc1C([2H])([2H])[2H]. The Labute approximate surface area is 188 Å². The minimum atomic E-state index is -2.46. The van der Waals surface area contributed by atoms with Gasteiger partial charge in [0.05, 0.1) is 5.69 Å². The average molecular weight is 394 g/mol. The molecule has 2 aromatic carbocycles. The van der Waals surface area contributed by atoms with Crippen molar-refractivity contribution in [2.24, 2.45) is 5.41 Å². The molecule has 0 aliphatic heterocycles. The lowest BCUT2D eigenvalue weighted by Gasteiger charge is -2.21. The van der Waals surface area contributed by atoms with E-state index in [1.54, 1.807) is 36.4 Å². The quantitative estimate of drug-likeness (QED) is 0.440. The molecule has 0 atom stereocenters. The number of hydrogen-bond donors (Lipinski definition) is 0. The summed E-state index contributed by atoms with van der Waals surface area (Å²) in [6.45, 7) is 6.57. The van der Waals surface area contributed by atoms with E-state index in [0.717, 1.165) is 5.56 Å². The fraction of sp³-hybridized carbons (Fsp3) is 0.393. The molecule has 1 nitrogen and oxygen atoms in total. The Morgan fingerprint density at radius 1 is 0.828 bits per heavy atom. The van der Waals surface area contributed by atoms with E-state index in [-0.39, 0.29) is 16.5 Å². The van der Waals surface area contributed by atoms with Crippen LogP contribution in [-0.2, 0) is 11.8 Å². The maximum absolute atomic E-state index is 8.49. The molecule has 0 spiro atoms. The zero-order valence-electron chi connectivity index (χ0n) is 26.1. The summed E-state index contributed by atoms with van der Waals surface area (Å²) < 4.78 is 65.8. The Hall–Kier alpha value is -2.41. The van der Waals surface area contributed by atoms with Crippen LogP contribution < -0.4 is 0 Å². The molecule has 0 saturated heterocycles. The van der Waals surface area contributed by atoms with Gasteiger partial charge in [-0.25, -0.2) is 0 Å². The Morgan fingerprint density at radius 3 is 2.17 bits per heavy atom. The molecule has 0 aliphatic rings. The van der Waals surface area contributed by atoms with Gasteiger partial charge in [0.15, 0.2) is 0 Å². The third-order valence-electron chi connectivity index (χ3n) is 4.77. The second-order valence-electron chi connectivity index (χ2n) is 9.58. The molecule has 1 aromatic heterocycles. The zero-order valence-corrected chi connectivity index (χ0v) is 18.1. The highest BCUT2D eigenvalue weighted by atomic mass is 14.7. The predicted octanol–water partition coefficient (Wildman–Crippen LogP) is 7.92. The fourth-order valence-electron chi connectivity index (χ4n) is 3.24. The van der Waals surface area contributed by atoms with Crippen molar-refractivity contribution in [2.45, 2.75) is 67.0 Å². The minimum absolute atomic E-state index is 0.0611.